The topological polar surface area (TPSA) is 29.5 Å². The zero-order valence-electron chi connectivity index (χ0n) is 9.08. The second-order valence-corrected chi connectivity index (χ2v) is 4.99. The Labute approximate surface area is 91.4 Å². The number of rotatable bonds is 7. The number of hydrogen-bond acceptors (Lipinski definition) is 3. The molecule has 0 aliphatic carbocycles. The largest absolute Gasteiger partial charge is 0.393 e. The number of ether oxygens (including phenoxy) is 1. The lowest BCUT2D eigenvalue weighted by molar-refractivity contribution is 0.0788. The van der Waals surface area contributed by atoms with E-state index < -0.39 is 0 Å². The van der Waals surface area contributed by atoms with Gasteiger partial charge in [-0.3, -0.25) is 0 Å². The predicted octanol–water partition coefficient (Wildman–Crippen LogP) is 2.45. The predicted molar refractivity (Wildman–Crippen MR) is 61.8 cm³/mol. The molecule has 0 aromatic rings. The van der Waals surface area contributed by atoms with E-state index in [0.717, 1.165) is 38.0 Å². The van der Waals surface area contributed by atoms with Crippen LogP contribution in [0.3, 0.4) is 0 Å². The molecule has 84 valence electrons. The van der Waals surface area contributed by atoms with Crippen LogP contribution >= 0.6 is 11.8 Å². The molecule has 2 unspecified atom stereocenters. The molecule has 1 heterocycles. The monoisotopic (exact) mass is 218 g/mol. The molecule has 1 rings (SSSR count). The molecule has 0 saturated carbocycles. The zero-order valence-corrected chi connectivity index (χ0v) is 9.89. The van der Waals surface area contributed by atoms with E-state index in [1.165, 1.54) is 12.8 Å². The van der Waals surface area contributed by atoms with Crippen LogP contribution in [0.4, 0.5) is 0 Å². The summed E-state index contributed by atoms with van der Waals surface area (Å²) in [5.41, 5.74) is 0. The Morgan fingerprint density at radius 1 is 1.50 bits per heavy atom. The second kappa shape index (κ2) is 7.55. The van der Waals surface area contributed by atoms with Crippen LogP contribution < -0.4 is 0 Å². The minimum Gasteiger partial charge on any atom is -0.393 e. The van der Waals surface area contributed by atoms with E-state index in [-0.39, 0.29) is 6.10 Å². The van der Waals surface area contributed by atoms with Gasteiger partial charge in [0.25, 0.3) is 0 Å². The maximum Gasteiger partial charge on any atom is 0.0577 e. The molecule has 1 saturated heterocycles. The summed E-state index contributed by atoms with van der Waals surface area (Å²) in [5.74, 6) is 1.16. The van der Waals surface area contributed by atoms with E-state index in [2.05, 4.69) is 6.26 Å². The summed E-state index contributed by atoms with van der Waals surface area (Å²) in [6.45, 7) is 0.924. The fourth-order valence-corrected chi connectivity index (χ4v) is 2.31. The summed E-state index contributed by atoms with van der Waals surface area (Å²) >= 11 is 1.85. The molecule has 0 amide bonds. The van der Waals surface area contributed by atoms with Crippen molar-refractivity contribution in [2.45, 2.75) is 50.7 Å². The van der Waals surface area contributed by atoms with Crippen molar-refractivity contribution in [2.75, 3.05) is 18.6 Å². The lowest BCUT2D eigenvalue weighted by Gasteiger charge is -2.13. The van der Waals surface area contributed by atoms with Crippen LogP contribution in [-0.2, 0) is 4.74 Å². The van der Waals surface area contributed by atoms with Crippen LogP contribution in [0.25, 0.3) is 0 Å². The van der Waals surface area contributed by atoms with Crippen molar-refractivity contribution in [3.8, 4) is 0 Å². The molecule has 1 aliphatic rings. The summed E-state index contributed by atoms with van der Waals surface area (Å²) in [5, 5.41) is 9.67. The smallest absolute Gasteiger partial charge is 0.0577 e. The average molecular weight is 218 g/mol. The molecule has 0 aromatic carbocycles. The third kappa shape index (κ3) is 5.23. The highest BCUT2D eigenvalue weighted by atomic mass is 32.2. The Morgan fingerprint density at radius 3 is 3.00 bits per heavy atom. The minimum atomic E-state index is -0.105. The molecule has 1 aliphatic heterocycles. The molecule has 0 spiro atoms. The second-order valence-electron chi connectivity index (χ2n) is 4.00. The van der Waals surface area contributed by atoms with E-state index in [4.69, 9.17) is 4.74 Å². The van der Waals surface area contributed by atoms with Crippen molar-refractivity contribution in [1.29, 1.82) is 0 Å². The van der Waals surface area contributed by atoms with Gasteiger partial charge in [0.15, 0.2) is 0 Å². The SMILES string of the molecule is CSCCCC(O)CCC1CCCO1. The number of aliphatic hydroxyl groups excluding tert-OH is 1. The van der Waals surface area contributed by atoms with Gasteiger partial charge in [-0.2, -0.15) is 11.8 Å². The van der Waals surface area contributed by atoms with E-state index in [1.54, 1.807) is 0 Å². The van der Waals surface area contributed by atoms with Crippen molar-refractivity contribution >= 4 is 11.8 Å². The standard InChI is InChI=1S/C11H22O2S/c1-14-9-3-4-10(12)6-7-11-5-2-8-13-11/h10-12H,2-9H2,1H3. The van der Waals surface area contributed by atoms with Gasteiger partial charge in [0, 0.05) is 6.61 Å². The third-order valence-electron chi connectivity index (χ3n) is 2.73. The first kappa shape index (κ1) is 12.3. The summed E-state index contributed by atoms with van der Waals surface area (Å²) in [6.07, 6.45) is 8.88. The van der Waals surface area contributed by atoms with Gasteiger partial charge in [-0.1, -0.05) is 0 Å². The number of hydrogen-bond donors (Lipinski definition) is 1. The van der Waals surface area contributed by atoms with Crippen molar-refractivity contribution in [3.63, 3.8) is 0 Å². The Morgan fingerprint density at radius 2 is 2.36 bits per heavy atom. The zero-order chi connectivity index (χ0) is 10.2. The highest BCUT2D eigenvalue weighted by Gasteiger charge is 2.16. The van der Waals surface area contributed by atoms with Crippen molar-refractivity contribution in [1.82, 2.24) is 0 Å². The van der Waals surface area contributed by atoms with Gasteiger partial charge in [0.05, 0.1) is 12.2 Å². The van der Waals surface area contributed by atoms with Crippen LogP contribution in [0.2, 0.25) is 0 Å². The maximum atomic E-state index is 9.67. The van der Waals surface area contributed by atoms with Gasteiger partial charge in [-0.25, -0.2) is 0 Å². The summed E-state index contributed by atoms with van der Waals surface area (Å²) < 4.78 is 5.51. The fourth-order valence-electron chi connectivity index (χ4n) is 1.86. The molecule has 2 atom stereocenters. The summed E-state index contributed by atoms with van der Waals surface area (Å²) in [7, 11) is 0. The first-order chi connectivity index (χ1) is 6.83. The molecular weight excluding hydrogens is 196 g/mol. The highest BCUT2D eigenvalue weighted by molar-refractivity contribution is 7.98. The summed E-state index contributed by atoms with van der Waals surface area (Å²) in [6, 6.07) is 0. The molecule has 1 fully saturated rings. The number of aliphatic hydroxyl groups is 1. The van der Waals surface area contributed by atoms with Crippen LogP contribution in [0.15, 0.2) is 0 Å². The molecule has 14 heavy (non-hydrogen) atoms. The normalized spacial score (nSPS) is 24.0. The minimum absolute atomic E-state index is 0.105. The lowest BCUT2D eigenvalue weighted by atomic mass is 10.0. The molecule has 0 radical (unpaired) electrons. The van der Waals surface area contributed by atoms with Crippen molar-refractivity contribution < 1.29 is 9.84 Å². The van der Waals surface area contributed by atoms with E-state index in [1.807, 2.05) is 11.8 Å². The van der Waals surface area contributed by atoms with Crippen LogP contribution in [-0.4, -0.2) is 35.9 Å². The average Bonchev–Trinajstić information content (AvgIpc) is 2.68. The maximum absolute atomic E-state index is 9.67. The van der Waals surface area contributed by atoms with Gasteiger partial charge in [-0.15, -0.1) is 0 Å². The van der Waals surface area contributed by atoms with Gasteiger partial charge in [-0.05, 0) is 50.5 Å². The molecule has 0 aromatic heterocycles. The first-order valence-corrected chi connectivity index (χ1v) is 7.01. The highest BCUT2D eigenvalue weighted by Crippen LogP contribution is 2.18. The van der Waals surface area contributed by atoms with Gasteiger partial charge < -0.3 is 9.84 Å². The quantitative estimate of drug-likeness (QED) is 0.666. The Bertz CT molecular complexity index is 135. The van der Waals surface area contributed by atoms with E-state index in [0.29, 0.717) is 6.10 Å². The van der Waals surface area contributed by atoms with Gasteiger partial charge in [0.1, 0.15) is 0 Å². The van der Waals surface area contributed by atoms with E-state index >= 15 is 0 Å². The Balaban J connectivity index is 1.93. The Hall–Kier alpha value is 0.270. The van der Waals surface area contributed by atoms with Crippen LogP contribution in [0, 0.1) is 0 Å². The van der Waals surface area contributed by atoms with Crippen molar-refractivity contribution in [2.24, 2.45) is 0 Å². The third-order valence-corrected chi connectivity index (χ3v) is 3.43. The van der Waals surface area contributed by atoms with Gasteiger partial charge in [0.2, 0.25) is 0 Å². The summed E-state index contributed by atoms with van der Waals surface area (Å²) in [4.78, 5) is 0. The molecule has 1 N–H and O–H groups in total. The first-order valence-electron chi connectivity index (χ1n) is 5.61. The molecule has 3 heteroatoms. The van der Waals surface area contributed by atoms with Gasteiger partial charge >= 0.3 is 0 Å². The van der Waals surface area contributed by atoms with Crippen molar-refractivity contribution in [3.05, 3.63) is 0 Å². The number of thioether (sulfide) groups is 1. The molecule has 0 bridgehead atoms. The lowest BCUT2D eigenvalue weighted by Crippen LogP contribution is -2.12. The van der Waals surface area contributed by atoms with Crippen LogP contribution in [0.1, 0.15) is 38.5 Å². The van der Waals surface area contributed by atoms with Crippen LogP contribution in [0.5, 0.6) is 0 Å². The fraction of sp³-hybridized carbons (Fsp3) is 1.00. The Kier molecular flexibility index (Phi) is 6.65. The molecule has 2 nitrogen and oxygen atoms in total. The molecular formula is C11H22O2S. The van der Waals surface area contributed by atoms with E-state index in [9.17, 15) is 5.11 Å².